The Morgan fingerprint density at radius 1 is 1.28 bits per heavy atom. The number of thioether (sulfide) groups is 1. The molecule has 1 atom stereocenters. The standard InChI is InChI=1S/C14H20BrNOS/c1-13(2)7-14(8-17,10-18-9-13)16-12-5-3-11(15)4-6-12/h3-6,16-17H,7-10H2,1-2H3. The van der Waals surface area contributed by atoms with E-state index in [9.17, 15) is 5.11 Å². The average Bonchev–Trinajstić information content (AvgIpc) is 2.31. The van der Waals surface area contributed by atoms with Crippen molar-refractivity contribution in [2.45, 2.75) is 25.8 Å². The molecule has 0 saturated carbocycles. The molecular weight excluding hydrogens is 310 g/mol. The van der Waals surface area contributed by atoms with E-state index in [4.69, 9.17) is 0 Å². The minimum absolute atomic E-state index is 0.180. The van der Waals surface area contributed by atoms with Crippen LogP contribution in [0.1, 0.15) is 20.3 Å². The Morgan fingerprint density at radius 3 is 2.50 bits per heavy atom. The van der Waals surface area contributed by atoms with Gasteiger partial charge >= 0.3 is 0 Å². The largest absolute Gasteiger partial charge is 0.394 e. The van der Waals surface area contributed by atoms with Crippen LogP contribution in [0.25, 0.3) is 0 Å². The van der Waals surface area contributed by atoms with E-state index in [1.54, 1.807) is 0 Å². The Hall–Kier alpha value is -0.190. The van der Waals surface area contributed by atoms with Gasteiger partial charge in [-0.1, -0.05) is 29.8 Å². The van der Waals surface area contributed by atoms with Crippen LogP contribution in [0.5, 0.6) is 0 Å². The summed E-state index contributed by atoms with van der Waals surface area (Å²) in [6, 6.07) is 8.14. The number of halogens is 1. The molecule has 1 aromatic carbocycles. The number of hydrogen-bond donors (Lipinski definition) is 2. The van der Waals surface area contributed by atoms with E-state index in [2.05, 4.69) is 35.1 Å². The van der Waals surface area contributed by atoms with Gasteiger partial charge in [-0.15, -0.1) is 0 Å². The third-order valence-electron chi connectivity index (χ3n) is 3.24. The highest BCUT2D eigenvalue weighted by Gasteiger charge is 2.40. The maximum absolute atomic E-state index is 9.80. The Labute approximate surface area is 122 Å². The van der Waals surface area contributed by atoms with Crippen molar-refractivity contribution in [3.8, 4) is 0 Å². The van der Waals surface area contributed by atoms with Crippen LogP contribution in [0.15, 0.2) is 28.7 Å². The van der Waals surface area contributed by atoms with E-state index in [0.29, 0.717) is 0 Å². The molecule has 1 aliphatic heterocycles. The topological polar surface area (TPSA) is 32.3 Å². The number of benzene rings is 1. The minimum Gasteiger partial charge on any atom is -0.394 e. The lowest BCUT2D eigenvalue weighted by atomic mass is 9.80. The molecule has 0 aliphatic carbocycles. The molecule has 2 rings (SSSR count). The van der Waals surface area contributed by atoms with Gasteiger partial charge in [0.25, 0.3) is 0 Å². The Morgan fingerprint density at radius 2 is 1.94 bits per heavy atom. The van der Waals surface area contributed by atoms with Crippen molar-refractivity contribution >= 4 is 33.4 Å². The summed E-state index contributed by atoms with van der Waals surface area (Å²) in [7, 11) is 0. The highest BCUT2D eigenvalue weighted by molar-refractivity contribution is 9.10. The van der Waals surface area contributed by atoms with E-state index in [1.807, 2.05) is 36.0 Å². The number of rotatable bonds is 3. The second kappa shape index (κ2) is 5.43. The molecule has 1 aromatic rings. The van der Waals surface area contributed by atoms with Gasteiger partial charge in [0.2, 0.25) is 0 Å². The van der Waals surface area contributed by atoms with E-state index >= 15 is 0 Å². The molecule has 18 heavy (non-hydrogen) atoms. The summed E-state index contributed by atoms with van der Waals surface area (Å²) in [5.41, 5.74) is 1.15. The fourth-order valence-electron chi connectivity index (χ4n) is 2.60. The third kappa shape index (κ3) is 3.43. The fraction of sp³-hybridized carbons (Fsp3) is 0.571. The van der Waals surface area contributed by atoms with Crippen LogP contribution in [-0.4, -0.2) is 28.8 Å². The van der Waals surface area contributed by atoms with Gasteiger partial charge in [-0.2, -0.15) is 11.8 Å². The number of anilines is 1. The quantitative estimate of drug-likeness (QED) is 0.885. The first-order chi connectivity index (χ1) is 8.45. The minimum atomic E-state index is -0.194. The molecule has 2 nitrogen and oxygen atoms in total. The monoisotopic (exact) mass is 329 g/mol. The number of aliphatic hydroxyl groups is 1. The molecule has 0 amide bonds. The van der Waals surface area contributed by atoms with Crippen molar-refractivity contribution in [3.63, 3.8) is 0 Å². The molecule has 0 radical (unpaired) electrons. The summed E-state index contributed by atoms with van der Waals surface area (Å²) < 4.78 is 1.07. The Bertz CT molecular complexity index is 407. The zero-order valence-corrected chi connectivity index (χ0v) is 13.3. The average molecular weight is 330 g/mol. The molecule has 0 aromatic heterocycles. The number of nitrogens with one attached hydrogen (secondary N) is 1. The molecule has 2 N–H and O–H groups in total. The Kier molecular flexibility index (Phi) is 4.29. The second-order valence-corrected chi connectivity index (χ2v) is 7.81. The molecule has 0 bridgehead atoms. The highest BCUT2D eigenvalue weighted by Crippen LogP contribution is 2.40. The SMILES string of the molecule is CC1(C)CSCC(CO)(Nc2ccc(Br)cc2)C1. The molecule has 100 valence electrons. The van der Waals surface area contributed by atoms with Crippen molar-refractivity contribution in [1.82, 2.24) is 0 Å². The second-order valence-electron chi connectivity index (χ2n) is 5.90. The van der Waals surface area contributed by atoms with Gasteiger partial charge in [-0.3, -0.25) is 0 Å². The van der Waals surface area contributed by atoms with Crippen molar-refractivity contribution in [3.05, 3.63) is 28.7 Å². The van der Waals surface area contributed by atoms with E-state index in [-0.39, 0.29) is 17.6 Å². The first kappa shape index (κ1) is 14.2. The predicted molar refractivity (Wildman–Crippen MR) is 83.3 cm³/mol. The first-order valence-corrected chi connectivity index (χ1v) is 8.12. The molecule has 1 fully saturated rings. The summed E-state index contributed by atoms with van der Waals surface area (Å²) in [5, 5.41) is 13.3. The molecule has 1 aliphatic rings. The normalized spacial score (nSPS) is 26.9. The maximum atomic E-state index is 9.80. The van der Waals surface area contributed by atoms with Crippen LogP contribution in [0.3, 0.4) is 0 Å². The summed E-state index contributed by atoms with van der Waals surface area (Å²) >= 11 is 5.36. The van der Waals surface area contributed by atoms with Crippen LogP contribution in [0, 0.1) is 5.41 Å². The lowest BCUT2D eigenvalue weighted by Gasteiger charge is -2.44. The maximum Gasteiger partial charge on any atom is 0.0699 e. The summed E-state index contributed by atoms with van der Waals surface area (Å²) in [5.74, 6) is 2.12. The van der Waals surface area contributed by atoms with Gasteiger partial charge in [0.05, 0.1) is 12.1 Å². The van der Waals surface area contributed by atoms with E-state index < -0.39 is 0 Å². The smallest absolute Gasteiger partial charge is 0.0699 e. The lowest BCUT2D eigenvalue weighted by molar-refractivity contribution is 0.174. The molecule has 1 saturated heterocycles. The lowest BCUT2D eigenvalue weighted by Crippen LogP contribution is -2.51. The zero-order chi connectivity index (χ0) is 13.2. The Balaban J connectivity index is 2.15. The van der Waals surface area contributed by atoms with Crippen molar-refractivity contribution in [2.75, 3.05) is 23.4 Å². The van der Waals surface area contributed by atoms with Gasteiger partial charge in [0.1, 0.15) is 0 Å². The summed E-state index contributed by atoms with van der Waals surface area (Å²) in [6.45, 7) is 4.72. The van der Waals surface area contributed by atoms with E-state index in [0.717, 1.165) is 28.1 Å². The van der Waals surface area contributed by atoms with Crippen molar-refractivity contribution in [1.29, 1.82) is 0 Å². The molecule has 1 heterocycles. The predicted octanol–water partition coefficient (Wildman–Crippen LogP) is 3.76. The van der Waals surface area contributed by atoms with E-state index in [1.165, 1.54) is 0 Å². The van der Waals surface area contributed by atoms with Crippen LogP contribution < -0.4 is 5.32 Å². The van der Waals surface area contributed by atoms with Gasteiger partial charge in [-0.05, 0) is 41.9 Å². The van der Waals surface area contributed by atoms with Crippen LogP contribution >= 0.6 is 27.7 Å². The van der Waals surface area contributed by atoms with Gasteiger partial charge in [0, 0.05) is 15.9 Å². The summed E-state index contributed by atoms with van der Waals surface area (Å²) in [4.78, 5) is 0. The number of hydrogen-bond acceptors (Lipinski definition) is 3. The molecule has 4 heteroatoms. The van der Waals surface area contributed by atoms with Gasteiger partial charge in [0.15, 0.2) is 0 Å². The van der Waals surface area contributed by atoms with Crippen molar-refractivity contribution in [2.24, 2.45) is 5.41 Å². The highest BCUT2D eigenvalue weighted by atomic mass is 79.9. The van der Waals surface area contributed by atoms with Crippen LogP contribution in [0.2, 0.25) is 0 Å². The first-order valence-electron chi connectivity index (χ1n) is 6.17. The van der Waals surface area contributed by atoms with Crippen molar-refractivity contribution < 1.29 is 5.11 Å². The summed E-state index contributed by atoms with van der Waals surface area (Å²) in [6.07, 6.45) is 1.000. The molecule has 1 unspecified atom stereocenters. The number of aliphatic hydroxyl groups excluding tert-OH is 1. The van der Waals surface area contributed by atoms with Gasteiger partial charge < -0.3 is 10.4 Å². The van der Waals surface area contributed by atoms with Crippen LogP contribution in [-0.2, 0) is 0 Å². The third-order valence-corrected chi connectivity index (χ3v) is 5.52. The zero-order valence-electron chi connectivity index (χ0n) is 10.9. The fourth-order valence-corrected chi connectivity index (χ4v) is 4.28. The molecule has 0 spiro atoms. The van der Waals surface area contributed by atoms with Crippen LogP contribution in [0.4, 0.5) is 5.69 Å². The molecular formula is C14H20BrNOS. The van der Waals surface area contributed by atoms with Gasteiger partial charge in [-0.25, -0.2) is 0 Å².